The summed E-state index contributed by atoms with van der Waals surface area (Å²) in [5.74, 6) is 1.09. The Bertz CT molecular complexity index is 532. The molecule has 108 valence electrons. The van der Waals surface area contributed by atoms with E-state index in [0.717, 1.165) is 30.8 Å². The first kappa shape index (κ1) is 13.4. The highest BCUT2D eigenvalue weighted by atomic mass is 16.6. The molecule has 0 aromatic heterocycles. The molecule has 1 aromatic carbocycles. The van der Waals surface area contributed by atoms with Crippen LogP contribution in [-0.2, 0) is 0 Å². The monoisotopic (exact) mass is 275 g/mol. The van der Waals surface area contributed by atoms with Gasteiger partial charge in [0.25, 0.3) is 5.69 Å². The summed E-state index contributed by atoms with van der Waals surface area (Å²) < 4.78 is 0. The van der Waals surface area contributed by atoms with Crippen molar-refractivity contribution in [2.45, 2.75) is 32.2 Å². The van der Waals surface area contributed by atoms with E-state index in [4.69, 9.17) is 5.73 Å². The van der Waals surface area contributed by atoms with Gasteiger partial charge in [0.2, 0.25) is 0 Å². The Kier molecular flexibility index (Phi) is 3.38. The van der Waals surface area contributed by atoms with Gasteiger partial charge in [-0.1, -0.05) is 12.5 Å². The molecule has 2 fully saturated rings. The molecule has 0 amide bonds. The largest absolute Gasteiger partial charge is 0.365 e. The zero-order valence-electron chi connectivity index (χ0n) is 11.8. The van der Waals surface area contributed by atoms with Crippen molar-refractivity contribution in [1.82, 2.24) is 0 Å². The average Bonchev–Trinajstić information content (AvgIpc) is 2.84. The first-order chi connectivity index (χ1) is 9.56. The third-order valence-corrected chi connectivity index (χ3v) is 4.82. The standard InChI is InChI=1S/C15H21N3O2/c1-10-5-6-14(15(7-10)18(19)20)17-8-11-3-2-4-13(16)12(11)9-17/h5-7,11-13H,2-4,8-9,16H2,1H3. The molecule has 0 radical (unpaired) electrons. The van der Waals surface area contributed by atoms with E-state index in [1.807, 2.05) is 19.1 Å². The van der Waals surface area contributed by atoms with Crippen LogP contribution in [0.4, 0.5) is 11.4 Å². The number of nitro groups is 1. The number of rotatable bonds is 2. The molecule has 2 aliphatic rings. The van der Waals surface area contributed by atoms with Crippen LogP contribution in [-0.4, -0.2) is 24.1 Å². The molecule has 3 unspecified atom stereocenters. The van der Waals surface area contributed by atoms with E-state index in [0.29, 0.717) is 11.8 Å². The zero-order valence-corrected chi connectivity index (χ0v) is 11.8. The smallest absolute Gasteiger partial charge is 0.292 e. The van der Waals surface area contributed by atoms with Gasteiger partial charge in [-0.25, -0.2) is 0 Å². The molecule has 5 nitrogen and oxygen atoms in total. The summed E-state index contributed by atoms with van der Waals surface area (Å²) in [7, 11) is 0. The van der Waals surface area contributed by atoms with E-state index >= 15 is 0 Å². The minimum atomic E-state index is -0.274. The van der Waals surface area contributed by atoms with Crippen LogP contribution < -0.4 is 10.6 Å². The lowest BCUT2D eigenvalue weighted by atomic mass is 9.78. The Morgan fingerprint density at radius 1 is 1.35 bits per heavy atom. The topological polar surface area (TPSA) is 72.4 Å². The summed E-state index contributed by atoms with van der Waals surface area (Å²) in [5, 5.41) is 11.3. The molecule has 0 bridgehead atoms. The molecule has 5 heteroatoms. The van der Waals surface area contributed by atoms with Crippen LogP contribution in [0.3, 0.4) is 0 Å². The van der Waals surface area contributed by atoms with E-state index in [1.165, 1.54) is 12.8 Å². The second kappa shape index (κ2) is 5.05. The van der Waals surface area contributed by atoms with Gasteiger partial charge in [0.1, 0.15) is 5.69 Å². The second-order valence-electron chi connectivity index (χ2n) is 6.17. The number of hydrogen-bond acceptors (Lipinski definition) is 4. The van der Waals surface area contributed by atoms with E-state index in [1.54, 1.807) is 6.07 Å². The third kappa shape index (κ3) is 2.26. The van der Waals surface area contributed by atoms with E-state index < -0.39 is 0 Å². The molecular formula is C15H21N3O2. The van der Waals surface area contributed by atoms with Crippen molar-refractivity contribution in [3.8, 4) is 0 Å². The SMILES string of the molecule is Cc1ccc(N2CC3CCCC(N)C3C2)c([N+](=O)[O-])c1. The number of nitrogens with zero attached hydrogens (tertiary/aromatic N) is 2. The van der Waals surface area contributed by atoms with Crippen LogP contribution in [0.1, 0.15) is 24.8 Å². The van der Waals surface area contributed by atoms with E-state index in [2.05, 4.69) is 4.90 Å². The van der Waals surface area contributed by atoms with Crippen LogP contribution in [0.25, 0.3) is 0 Å². The number of anilines is 1. The van der Waals surface area contributed by atoms with Crippen LogP contribution in [0.2, 0.25) is 0 Å². The highest BCUT2D eigenvalue weighted by molar-refractivity contribution is 5.65. The first-order valence-corrected chi connectivity index (χ1v) is 7.32. The minimum absolute atomic E-state index is 0.220. The van der Waals surface area contributed by atoms with Crippen LogP contribution in [0, 0.1) is 28.9 Å². The summed E-state index contributed by atoms with van der Waals surface area (Å²) in [6.07, 6.45) is 3.48. The fourth-order valence-corrected chi connectivity index (χ4v) is 3.76. The lowest BCUT2D eigenvalue weighted by molar-refractivity contribution is -0.384. The molecule has 1 saturated carbocycles. The van der Waals surface area contributed by atoms with Gasteiger partial charge < -0.3 is 10.6 Å². The normalized spacial score (nSPS) is 29.3. The Labute approximate surface area is 118 Å². The van der Waals surface area contributed by atoms with Crippen molar-refractivity contribution in [1.29, 1.82) is 0 Å². The number of nitrogens with two attached hydrogens (primary N) is 1. The highest BCUT2D eigenvalue weighted by Gasteiger charge is 2.40. The van der Waals surface area contributed by atoms with Crippen molar-refractivity contribution in [3.05, 3.63) is 33.9 Å². The Balaban J connectivity index is 1.89. The minimum Gasteiger partial charge on any atom is -0.365 e. The molecule has 1 saturated heterocycles. The molecule has 2 N–H and O–H groups in total. The summed E-state index contributed by atoms with van der Waals surface area (Å²) in [5.41, 5.74) is 8.12. The van der Waals surface area contributed by atoms with E-state index in [-0.39, 0.29) is 16.7 Å². The summed E-state index contributed by atoms with van der Waals surface area (Å²) >= 11 is 0. The molecule has 0 spiro atoms. The third-order valence-electron chi connectivity index (χ3n) is 4.82. The second-order valence-corrected chi connectivity index (χ2v) is 6.17. The molecular weight excluding hydrogens is 254 g/mol. The average molecular weight is 275 g/mol. The lowest BCUT2D eigenvalue weighted by Crippen LogP contribution is -2.38. The number of nitro benzene ring substituents is 1. The summed E-state index contributed by atoms with van der Waals surface area (Å²) in [4.78, 5) is 13.2. The zero-order chi connectivity index (χ0) is 14.3. The van der Waals surface area contributed by atoms with Crippen molar-refractivity contribution in [3.63, 3.8) is 0 Å². The fourth-order valence-electron chi connectivity index (χ4n) is 3.76. The molecule has 1 heterocycles. The molecule has 3 atom stereocenters. The van der Waals surface area contributed by atoms with Gasteiger partial charge in [-0.15, -0.1) is 0 Å². The lowest BCUT2D eigenvalue weighted by Gasteiger charge is -2.29. The maximum Gasteiger partial charge on any atom is 0.292 e. The Morgan fingerprint density at radius 3 is 2.85 bits per heavy atom. The van der Waals surface area contributed by atoms with Gasteiger partial charge in [0.15, 0.2) is 0 Å². The maximum atomic E-state index is 11.3. The van der Waals surface area contributed by atoms with Crippen molar-refractivity contribution >= 4 is 11.4 Å². The maximum absolute atomic E-state index is 11.3. The van der Waals surface area contributed by atoms with Gasteiger partial charge in [0.05, 0.1) is 4.92 Å². The van der Waals surface area contributed by atoms with Gasteiger partial charge in [0, 0.05) is 25.2 Å². The van der Waals surface area contributed by atoms with Gasteiger partial charge in [-0.05, 0) is 43.2 Å². The van der Waals surface area contributed by atoms with Crippen molar-refractivity contribution < 1.29 is 4.92 Å². The van der Waals surface area contributed by atoms with Gasteiger partial charge in [-0.2, -0.15) is 0 Å². The number of fused-ring (bicyclic) bond motifs is 1. The highest BCUT2D eigenvalue weighted by Crippen LogP contribution is 2.40. The van der Waals surface area contributed by atoms with Crippen molar-refractivity contribution in [2.24, 2.45) is 17.6 Å². The number of aryl methyl sites for hydroxylation is 1. The first-order valence-electron chi connectivity index (χ1n) is 7.32. The van der Waals surface area contributed by atoms with Crippen LogP contribution in [0.15, 0.2) is 18.2 Å². The quantitative estimate of drug-likeness (QED) is 0.664. The molecule has 1 aliphatic carbocycles. The van der Waals surface area contributed by atoms with E-state index in [9.17, 15) is 10.1 Å². The Morgan fingerprint density at radius 2 is 2.15 bits per heavy atom. The summed E-state index contributed by atoms with van der Waals surface area (Å²) in [6.45, 7) is 3.65. The number of hydrogen-bond donors (Lipinski definition) is 1. The van der Waals surface area contributed by atoms with Gasteiger partial charge in [-0.3, -0.25) is 10.1 Å². The van der Waals surface area contributed by atoms with Crippen LogP contribution in [0.5, 0.6) is 0 Å². The fraction of sp³-hybridized carbons (Fsp3) is 0.600. The summed E-state index contributed by atoms with van der Waals surface area (Å²) in [6, 6.07) is 5.75. The predicted octanol–water partition coefficient (Wildman–Crippen LogP) is 2.47. The van der Waals surface area contributed by atoms with Crippen molar-refractivity contribution in [2.75, 3.05) is 18.0 Å². The predicted molar refractivity (Wildman–Crippen MR) is 78.9 cm³/mol. The molecule has 3 rings (SSSR count). The van der Waals surface area contributed by atoms with Crippen LogP contribution >= 0.6 is 0 Å². The molecule has 1 aliphatic heterocycles. The number of benzene rings is 1. The molecule has 1 aromatic rings. The Hall–Kier alpha value is -1.62. The van der Waals surface area contributed by atoms with Gasteiger partial charge >= 0.3 is 0 Å². The molecule has 20 heavy (non-hydrogen) atoms.